The predicted octanol–water partition coefficient (Wildman–Crippen LogP) is -0.932. The van der Waals surface area contributed by atoms with Crippen molar-refractivity contribution in [2.45, 2.75) is 16.5 Å². The van der Waals surface area contributed by atoms with Gasteiger partial charge in [0.05, 0.1) is 0 Å². The molecule has 0 amide bonds. The van der Waals surface area contributed by atoms with Gasteiger partial charge in [0.15, 0.2) is 0 Å². The summed E-state index contributed by atoms with van der Waals surface area (Å²) in [6.45, 7) is 0. The van der Waals surface area contributed by atoms with E-state index >= 15 is 0 Å². The van der Waals surface area contributed by atoms with Gasteiger partial charge in [-0.2, -0.15) is 0 Å². The summed E-state index contributed by atoms with van der Waals surface area (Å²) in [5.41, 5.74) is 3.01. The van der Waals surface area contributed by atoms with Crippen LogP contribution >= 0.6 is 0 Å². The largest absolute Gasteiger partial charge is 1.00 e. The standard InChI is InChI=1S/C9H7.2C5H5.2ClH.Zr/c1-2-5-9-7-3-6-8(9)4-1;2*1-2-4-5-3-1;;;/h1-7H;2*1-3H,4H2;2*1H;/q;;;;;+2/p-2. The fourth-order valence-corrected chi connectivity index (χ4v) is 11.5. The van der Waals surface area contributed by atoms with Crippen LogP contribution in [-0.4, -0.2) is 0 Å². The number of allylic oxidation sites excluding steroid dienone is 9. The van der Waals surface area contributed by atoms with Crippen molar-refractivity contribution >= 4 is 6.08 Å². The van der Waals surface area contributed by atoms with Crippen LogP contribution in [-0.2, 0) is 21.8 Å². The maximum Gasteiger partial charge on any atom is -1.00 e. The van der Waals surface area contributed by atoms with Crippen LogP contribution in [0.5, 0.6) is 0 Å². The Hall–Kier alpha value is -0.617. The molecule has 3 heteroatoms. The molecule has 0 radical (unpaired) electrons. The van der Waals surface area contributed by atoms with Crippen LogP contribution in [0.15, 0.2) is 73.4 Å². The Bertz CT molecular complexity index is 665. The van der Waals surface area contributed by atoms with E-state index in [1.54, 1.807) is 12.1 Å². The maximum atomic E-state index is 2.48. The summed E-state index contributed by atoms with van der Waals surface area (Å²) in [4.78, 5) is 0. The van der Waals surface area contributed by atoms with E-state index in [-0.39, 0.29) is 24.8 Å². The van der Waals surface area contributed by atoms with Crippen LogP contribution in [0, 0.1) is 0 Å². The molecule has 22 heavy (non-hydrogen) atoms. The molecule has 0 saturated carbocycles. The van der Waals surface area contributed by atoms with Gasteiger partial charge in [-0.25, -0.2) is 0 Å². The Kier molecular flexibility index (Phi) is 6.27. The van der Waals surface area contributed by atoms with Crippen LogP contribution in [0.25, 0.3) is 6.08 Å². The molecule has 0 heterocycles. The number of rotatable bonds is 3. The van der Waals surface area contributed by atoms with E-state index in [2.05, 4.69) is 72.9 Å². The average molecular weight is 407 g/mol. The topological polar surface area (TPSA) is 0 Å². The van der Waals surface area contributed by atoms with Gasteiger partial charge < -0.3 is 24.8 Å². The van der Waals surface area contributed by atoms with Gasteiger partial charge in [-0.1, -0.05) is 0 Å². The van der Waals surface area contributed by atoms with E-state index in [4.69, 9.17) is 0 Å². The Morgan fingerprint density at radius 2 is 1.50 bits per heavy atom. The first-order valence-corrected chi connectivity index (χ1v) is 11.2. The molecule has 4 rings (SSSR count). The molecular formula is C19H17Cl2Zr. The second kappa shape index (κ2) is 7.78. The summed E-state index contributed by atoms with van der Waals surface area (Å²) >= 11 is -1.80. The van der Waals surface area contributed by atoms with Crippen LogP contribution in [0.2, 0.25) is 0 Å². The molecule has 0 N–H and O–H groups in total. The molecule has 0 spiro atoms. The van der Waals surface area contributed by atoms with Gasteiger partial charge in [0.25, 0.3) is 0 Å². The van der Waals surface area contributed by atoms with Gasteiger partial charge in [-0.15, -0.1) is 0 Å². The average Bonchev–Trinajstić information content (AvgIpc) is 3.22. The normalized spacial score (nSPS) is 20.1. The number of hydrogen-bond acceptors (Lipinski definition) is 0. The molecule has 3 aliphatic rings. The van der Waals surface area contributed by atoms with E-state index in [1.807, 2.05) is 0 Å². The van der Waals surface area contributed by atoms with E-state index in [9.17, 15) is 0 Å². The smallest absolute Gasteiger partial charge is 1.00 e. The van der Waals surface area contributed by atoms with Gasteiger partial charge in [0.1, 0.15) is 0 Å². The Labute approximate surface area is 152 Å². The minimum absolute atomic E-state index is 0. The number of fused-ring (bicyclic) bond motifs is 1. The van der Waals surface area contributed by atoms with Crippen LogP contribution in [0.4, 0.5) is 0 Å². The van der Waals surface area contributed by atoms with Crippen LogP contribution < -0.4 is 24.8 Å². The summed E-state index contributed by atoms with van der Waals surface area (Å²) in [6, 6.07) is 8.95. The minimum atomic E-state index is -1.80. The first-order valence-electron chi connectivity index (χ1n) is 7.29. The second-order valence-electron chi connectivity index (χ2n) is 5.53. The summed E-state index contributed by atoms with van der Waals surface area (Å²) in [5, 5.41) is 0. The predicted molar refractivity (Wildman–Crippen MR) is 81.9 cm³/mol. The second-order valence-corrected chi connectivity index (χ2v) is 12.2. The quantitative estimate of drug-likeness (QED) is 0.608. The molecule has 1 atom stereocenters. The van der Waals surface area contributed by atoms with Crippen molar-refractivity contribution in [2.24, 2.45) is 0 Å². The van der Waals surface area contributed by atoms with Gasteiger partial charge in [0, 0.05) is 0 Å². The van der Waals surface area contributed by atoms with Gasteiger partial charge in [0.2, 0.25) is 0 Å². The SMILES string of the molecule is C1=CC[C]([Zr+2]([C]2=CC=CC2)[CH]2C=Cc3ccccc32)=C1.[Cl-].[Cl-]. The number of benzene rings is 1. The van der Waals surface area contributed by atoms with E-state index in [1.165, 1.54) is 18.4 Å². The van der Waals surface area contributed by atoms with E-state index in [0.717, 1.165) is 0 Å². The Morgan fingerprint density at radius 1 is 0.864 bits per heavy atom. The monoisotopic (exact) mass is 405 g/mol. The third kappa shape index (κ3) is 3.18. The van der Waals surface area contributed by atoms with Gasteiger partial charge in [-0.05, 0) is 0 Å². The van der Waals surface area contributed by atoms with Crippen molar-refractivity contribution in [3.63, 3.8) is 0 Å². The molecular weight excluding hydrogens is 390 g/mol. The summed E-state index contributed by atoms with van der Waals surface area (Å²) < 4.78 is 4.22. The van der Waals surface area contributed by atoms with Crippen LogP contribution in [0.3, 0.4) is 0 Å². The molecule has 1 aromatic rings. The van der Waals surface area contributed by atoms with Crippen molar-refractivity contribution in [1.82, 2.24) is 0 Å². The van der Waals surface area contributed by atoms with Crippen molar-refractivity contribution in [3.05, 3.63) is 84.5 Å². The maximum absolute atomic E-state index is 2.48. The molecule has 0 aromatic heterocycles. The molecule has 3 aliphatic carbocycles. The van der Waals surface area contributed by atoms with Crippen molar-refractivity contribution < 1.29 is 46.6 Å². The molecule has 0 saturated heterocycles. The Morgan fingerprint density at radius 3 is 2.09 bits per heavy atom. The number of halogens is 2. The molecule has 0 fully saturated rings. The third-order valence-corrected chi connectivity index (χ3v) is 12.3. The summed E-state index contributed by atoms with van der Waals surface area (Å²) in [6.07, 6.45) is 21.2. The molecule has 0 bridgehead atoms. The summed E-state index contributed by atoms with van der Waals surface area (Å²) in [5.74, 6) is 0. The molecule has 1 unspecified atom stereocenters. The van der Waals surface area contributed by atoms with E-state index in [0.29, 0.717) is 3.63 Å². The fourth-order valence-electron chi connectivity index (χ4n) is 3.40. The van der Waals surface area contributed by atoms with Crippen molar-refractivity contribution in [2.75, 3.05) is 0 Å². The molecule has 111 valence electrons. The van der Waals surface area contributed by atoms with Crippen LogP contribution in [0.1, 0.15) is 27.6 Å². The first kappa shape index (κ1) is 17.7. The fraction of sp³-hybridized carbons (Fsp3) is 0.158. The molecule has 0 aliphatic heterocycles. The zero-order chi connectivity index (χ0) is 13.4. The van der Waals surface area contributed by atoms with Gasteiger partial charge >= 0.3 is 129 Å². The van der Waals surface area contributed by atoms with E-state index < -0.39 is 21.8 Å². The minimum Gasteiger partial charge on any atom is -1.00 e. The molecule has 1 aromatic carbocycles. The van der Waals surface area contributed by atoms with Crippen molar-refractivity contribution in [3.8, 4) is 0 Å². The Balaban J connectivity index is 0.000000882. The first-order chi connectivity index (χ1) is 9.93. The summed E-state index contributed by atoms with van der Waals surface area (Å²) in [7, 11) is 0. The molecule has 0 nitrogen and oxygen atoms in total. The van der Waals surface area contributed by atoms with Gasteiger partial charge in [-0.3, -0.25) is 0 Å². The zero-order valence-corrected chi connectivity index (χ0v) is 16.1. The zero-order valence-electron chi connectivity index (χ0n) is 12.2. The van der Waals surface area contributed by atoms with Crippen molar-refractivity contribution in [1.29, 1.82) is 0 Å². The third-order valence-electron chi connectivity index (χ3n) is 4.34. The number of hydrogen-bond donors (Lipinski definition) is 0.